The van der Waals surface area contributed by atoms with Gasteiger partial charge in [-0.1, -0.05) is 6.07 Å². The van der Waals surface area contributed by atoms with E-state index in [9.17, 15) is 8.42 Å². The zero-order valence-corrected chi connectivity index (χ0v) is 10.6. The van der Waals surface area contributed by atoms with E-state index < -0.39 is 10.2 Å². The molecule has 1 unspecified atom stereocenters. The van der Waals surface area contributed by atoms with Crippen LogP contribution in [0.4, 0.5) is 11.4 Å². The van der Waals surface area contributed by atoms with Crippen LogP contribution in [0.5, 0.6) is 0 Å². The van der Waals surface area contributed by atoms with E-state index in [1.165, 1.54) is 0 Å². The van der Waals surface area contributed by atoms with Gasteiger partial charge in [-0.05, 0) is 25.1 Å². The molecule has 0 aromatic heterocycles. The third-order valence-electron chi connectivity index (χ3n) is 1.95. The predicted molar refractivity (Wildman–Crippen MR) is 68.1 cm³/mol. The minimum absolute atomic E-state index is 0.129. The highest BCUT2D eigenvalue weighted by molar-refractivity contribution is 7.90. The van der Waals surface area contributed by atoms with Gasteiger partial charge in [0.05, 0.1) is 12.3 Å². The molecule has 0 radical (unpaired) electrons. The average Bonchev–Trinajstić information content (AvgIpc) is 2.15. The van der Waals surface area contributed by atoms with E-state index in [2.05, 4.69) is 10.0 Å². The molecular weight excluding hydrogens is 242 g/mol. The number of nitrogens with one attached hydrogen (secondary N) is 2. The van der Waals surface area contributed by atoms with Crippen molar-refractivity contribution in [2.45, 2.75) is 13.0 Å². The molecule has 1 aromatic carbocycles. The molecular formula is C10H17N3O3S. The summed E-state index contributed by atoms with van der Waals surface area (Å²) in [6, 6.07) is 6.98. The second-order valence-corrected chi connectivity index (χ2v) is 5.02. The number of methoxy groups -OCH3 is 1. The van der Waals surface area contributed by atoms with Crippen molar-refractivity contribution in [3.63, 3.8) is 0 Å². The molecule has 0 aliphatic heterocycles. The Hall–Kier alpha value is -1.31. The lowest BCUT2D eigenvalue weighted by Gasteiger charge is -2.15. The predicted octanol–water partition coefficient (Wildman–Crippen LogP) is 0.749. The SMILES string of the molecule is COCC(C)Nc1cccc(NS(N)(=O)=O)c1. The molecule has 1 atom stereocenters. The van der Waals surface area contributed by atoms with Gasteiger partial charge < -0.3 is 10.1 Å². The zero-order valence-electron chi connectivity index (χ0n) is 9.80. The monoisotopic (exact) mass is 259 g/mol. The fourth-order valence-corrected chi connectivity index (χ4v) is 1.87. The molecule has 1 aromatic rings. The van der Waals surface area contributed by atoms with E-state index in [1.54, 1.807) is 25.3 Å². The first kappa shape index (κ1) is 13.8. The van der Waals surface area contributed by atoms with Crippen molar-refractivity contribution < 1.29 is 13.2 Å². The Kier molecular flexibility index (Phi) is 4.73. The van der Waals surface area contributed by atoms with Gasteiger partial charge in [0.1, 0.15) is 0 Å². The van der Waals surface area contributed by atoms with Gasteiger partial charge in [0, 0.05) is 18.8 Å². The summed E-state index contributed by atoms with van der Waals surface area (Å²) in [5, 5.41) is 8.06. The second-order valence-electron chi connectivity index (χ2n) is 3.73. The van der Waals surface area contributed by atoms with Crippen LogP contribution in [0.25, 0.3) is 0 Å². The number of hydrogen-bond donors (Lipinski definition) is 3. The normalized spacial score (nSPS) is 13.1. The number of benzene rings is 1. The van der Waals surface area contributed by atoms with Crippen LogP contribution in [0.15, 0.2) is 24.3 Å². The fourth-order valence-electron chi connectivity index (χ4n) is 1.41. The van der Waals surface area contributed by atoms with Gasteiger partial charge in [0.15, 0.2) is 0 Å². The van der Waals surface area contributed by atoms with Crippen LogP contribution in [0, 0.1) is 0 Å². The van der Waals surface area contributed by atoms with E-state index in [0.29, 0.717) is 12.3 Å². The molecule has 0 heterocycles. The highest BCUT2D eigenvalue weighted by Crippen LogP contribution is 2.16. The molecule has 1 rings (SSSR count). The van der Waals surface area contributed by atoms with Crippen molar-refractivity contribution in [2.75, 3.05) is 23.8 Å². The lowest BCUT2D eigenvalue weighted by Crippen LogP contribution is -2.22. The molecule has 7 heteroatoms. The summed E-state index contributed by atoms with van der Waals surface area (Å²) >= 11 is 0. The third-order valence-corrected chi connectivity index (χ3v) is 2.47. The lowest BCUT2D eigenvalue weighted by atomic mass is 10.2. The number of nitrogens with two attached hydrogens (primary N) is 1. The van der Waals surface area contributed by atoms with Crippen LogP contribution in [0.3, 0.4) is 0 Å². The number of hydrogen-bond acceptors (Lipinski definition) is 4. The Balaban J connectivity index is 2.72. The summed E-state index contributed by atoms with van der Waals surface area (Å²) in [6.07, 6.45) is 0. The maximum Gasteiger partial charge on any atom is 0.296 e. The summed E-state index contributed by atoms with van der Waals surface area (Å²) in [5.74, 6) is 0. The van der Waals surface area contributed by atoms with E-state index in [0.717, 1.165) is 5.69 Å². The van der Waals surface area contributed by atoms with E-state index in [1.807, 2.05) is 13.0 Å². The van der Waals surface area contributed by atoms with Crippen molar-refractivity contribution >= 4 is 21.6 Å². The molecule has 96 valence electrons. The van der Waals surface area contributed by atoms with Crippen LogP contribution in [-0.4, -0.2) is 28.2 Å². The van der Waals surface area contributed by atoms with Gasteiger partial charge in [-0.2, -0.15) is 8.42 Å². The number of ether oxygens (including phenoxy) is 1. The summed E-state index contributed by atoms with van der Waals surface area (Å²) < 4.78 is 28.9. The van der Waals surface area contributed by atoms with Crippen LogP contribution in [-0.2, 0) is 14.9 Å². The standard InChI is InChI=1S/C10H17N3O3S/c1-8(7-16-2)12-9-4-3-5-10(6-9)13-17(11,14)15/h3-6,8,12-13H,7H2,1-2H3,(H2,11,14,15). The molecule has 0 aliphatic rings. The van der Waals surface area contributed by atoms with Gasteiger partial charge in [0.2, 0.25) is 0 Å². The number of anilines is 2. The Morgan fingerprint density at radius 3 is 2.65 bits per heavy atom. The van der Waals surface area contributed by atoms with Gasteiger partial charge in [0.25, 0.3) is 10.2 Å². The van der Waals surface area contributed by atoms with Crippen LogP contribution in [0.1, 0.15) is 6.92 Å². The summed E-state index contributed by atoms with van der Waals surface area (Å²) in [7, 11) is -2.11. The average molecular weight is 259 g/mol. The third kappa shape index (κ3) is 5.53. The second kappa shape index (κ2) is 5.85. The minimum atomic E-state index is -3.74. The van der Waals surface area contributed by atoms with Crippen LogP contribution < -0.4 is 15.2 Å². The Labute approximate surface area is 101 Å². The van der Waals surface area contributed by atoms with E-state index in [-0.39, 0.29) is 6.04 Å². The van der Waals surface area contributed by atoms with Crippen molar-refractivity contribution in [1.82, 2.24) is 0 Å². The topological polar surface area (TPSA) is 93.4 Å². The van der Waals surface area contributed by atoms with Gasteiger partial charge in [-0.15, -0.1) is 0 Å². The van der Waals surface area contributed by atoms with Crippen molar-refractivity contribution in [2.24, 2.45) is 5.14 Å². The lowest BCUT2D eigenvalue weighted by molar-refractivity contribution is 0.190. The Morgan fingerprint density at radius 1 is 1.41 bits per heavy atom. The highest BCUT2D eigenvalue weighted by Gasteiger charge is 2.04. The smallest absolute Gasteiger partial charge is 0.296 e. The molecule has 17 heavy (non-hydrogen) atoms. The molecule has 0 bridgehead atoms. The molecule has 4 N–H and O–H groups in total. The maximum absolute atomic E-state index is 10.9. The van der Waals surface area contributed by atoms with Gasteiger partial charge in [-0.25, -0.2) is 5.14 Å². The van der Waals surface area contributed by atoms with E-state index in [4.69, 9.17) is 9.88 Å². The quantitative estimate of drug-likeness (QED) is 0.702. The molecule has 0 aliphatic carbocycles. The first-order chi connectivity index (χ1) is 7.90. The molecule has 0 amide bonds. The summed E-state index contributed by atoms with van der Waals surface area (Å²) in [5.41, 5.74) is 1.21. The van der Waals surface area contributed by atoms with Crippen LogP contribution in [0.2, 0.25) is 0 Å². The molecule has 6 nitrogen and oxygen atoms in total. The highest BCUT2D eigenvalue weighted by atomic mass is 32.2. The van der Waals surface area contributed by atoms with Gasteiger partial charge in [-0.3, -0.25) is 4.72 Å². The maximum atomic E-state index is 10.9. The molecule has 0 fully saturated rings. The largest absolute Gasteiger partial charge is 0.383 e. The van der Waals surface area contributed by atoms with Gasteiger partial charge >= 0.3 is 0 Å². The Bertz CT molecular complexity index is 462. The van der Waals surface area contributed by atoms with Crippen LogP contribution >= 0.6 is 0 Å². The summed E-state index contributed by atoms with van der Waals surface area (Å²) in [6.45, 7) is 2.52. The van der Waals surface area contributed by atoms with E-state index >= 15 is 0 Å². The fraction of sp³-hybridized carbons (Fsp3) is 0.400. The van der Waals surface area contributed by atoms with Crippen molar-refractivity contribution in [3.8, 4) is 0 Å². The zero-order chi connectivity index (χ0) is 12.9. The molecule has 0 saturated carbocycles. The first-order valence-electron chi connectivity index (χ1n) is 5.07. The van der Waals surface area contributed by atoms with Crippen molar-refractivity contribution in [3.05, 3.63) is 24.3 Å². The Morgan fingerprint density at radius 2 is 2.06 bits per heavy atom. The number of rotatable bonds is 6. The minimum Gasteiger partial charge on any atom is -0.383 e. The summed E-state index contributed by atoms with van der Waals surface area (Å²) in [4.78, 5) is 0. The first-order valence-corrected chi connectivity index (χ1v) is 6.61. The van der Waals surface area contributed by atoms with Crippen molar-refractivity contribution in [1.29, 1.82) is 0 Å². The molecule has 0 spiro atoms. The molecule has 0 saturated heterocycles.